The smallest absolute Gasteiger partial charge is 0.243 e. The number of piperidine rings is 1. The molecule has 5 rings (SSSR count). The number of rotatable bonds is 4. The lowest BCUT2D eigenvalue weighted by Crippen LogP contribution is -2.47. The molecule has 2 bridgehead atoms. The first kappa shape index (κ1) is 18.6. The molecule has 27 heavy (non-hydrogen) atoms. The molecule has 3 fully saturated rings. The van der Waals surface area contributed by atoms with Crippen LogP contribution in [0.2, 0.25) is 0 Å². The zero-order valence-electron chi connectivity index (χ0n) is 15.6. The SMILES string of the molecule is Cc1noc(C)c1CN1C[C@H]2CC[C@@H](C1)N(S(=O)(=O)c1cccc(F)c1)C2. The molecular formula is C19H24FN3O3S. The minimum absolute atomic E-state index is 0.0346. The van der Waals surface area contributed by atoms with Crippen LogP contribution >= 0.6 is 0 Å². The fourth-order valence-electron chi connectivity index (χ4n) is 4.27. The summed E-state index contributed by atoms with van der Waals surface area (Å²) in [4.78, 5) is 2.34. The molecule has 0 amide bonds. The van der Waals surface area contributed by atoms with Crippen LogP contribution < -0.4 is 0 Å². The summed E-state index contributed by atoms with van der Waals surface area (Å²) >= 11 is 0. The van der Waals surface area contributed by atoms with Crippen molar-refractivity contribution in [2.24, 2.45) is 5.92 Å². The van der Waals surface area contributed by atoms with E-state index in [1.54, 1.807) is 4.31 Å². The molecule has 0 radical (unpaired) electrons. The third-order valence-corrected chi connectivity index (χ3v) is 7.62. The Kier molecular flexibility index (Phi) is 4.82. The van der Waals surface area contributed by atoms with Crippen molar-refractivity contribution in [1.29, 1.82) is 0 Å². The average molecular weight is 393 g/mol. The Morgan fingerprint density at radius 1 is 1.22 bits per heavy atom. The maximum absolute atomic E-state index is 13.6. The first-order chi connectivity index (χ1) is 12.8. The summed E-state index contributed by atoms with van der Waals surface area (Å²) < 4.78 is 46.7. The summed E-state index contributed by atoms with van der Waals surface area (Å²) in [6.07, 6.45) is 1.84. The highest BCUT2D eigenvalue weighted by molar-refractivity contribution is 7.89. The fourth-order valence-corrected chi connectivity index (χ4v) is 6.03. The molecule has 0 aliphatic carbocycles. The molecule has 2 atom stereocenters. The topological polar surface area (TPSA) is 66.7 Å². The van der Waals surface area contributed by atoms with Gasteiger partial charge in [-0.3, -0.25) is 4.90 Å². The van der Waals surface area contributed by atoms with Crippen molar-refractivity contribution in [2.75, 3.05) is 19.6 Å². The van der Waals surface area contributed by atoms with E-state index in [1.165, 1.54) is 18.2 Å². The first-order valence-corrected chi connectivity index (χ1v) is 10.7. The maximum Gasteiger partial charge on any atom is 0.243 e. The van der Waals surface area contributed by atoms with E-state index >= 15 is 0 Å². The quantitative estimate of drug-likeness (QED) is 0.799. The van der Waals surface area contributed by atoms with Gasteiger partial charge >= 0.3 is 0 Å². The van der Waals surface area contributed by atoms with Gasteiger partial charge in [-0.15, -0.1) is 0 Å². The number of benzene rings is 1. The highest BCUT2D eigenvalue weighted by Gasteiger charge is 2.41. The largest absolute Gasteiger partial charge is 0.361 e. The van der Waals surface area contributed by atoms with Crippen LogP contribution in [0.15, 0.2) is 33.7 Å². The minimum Gasteiger partial charge on any atom is -0.361 e. The number of aromatic nitrogens is 1. The van der Waals surface area contributed by atoms with Crippen molar-refractivity contribution >= 4 is 10.0 Å². The normalized spacial score (nSPS) is 24.3. The second-order valence-electron chi connectivity index (χ2n) is 7.63. The van der Waals surface area contributed by atoms with Crippen LogP contribution in [0.25, 0.3) is 0 Å². The van der Waals surface area contributed by atoms with Crippen molar-refractivity contribution in [1.82, 2.24) is 14.4 Å². The van der Waals surface area contributed by atoms with Crippen LogP contribution in [0.1, 0.15) is 29.9 Å². The number of hydrogen-bond donors (Lipinski definition) is 0. The van der Waals surface area contributed by atoms with Gasteiger partial charge in [0.15, 0.2) is 0 Å². The molecule has 146 valence electrons. The predicted octanol–water partition coefficient (Wildman–Crippen LogP) is 2.72. The second kappa shape index (κ2) is 7.00. The highest BCUT2D eigenvalue weighted by Crippen LogP contribution is 2.33. The van der Waals surface area contributed by atoms with E-state index in [4.69, 9.17) is 4.52 Å². The Balaban J connectivity index is 1.58. The average Bonchev–Trinajstić information content (AvgIpc) is 2.82. The van der Waals surface area contributed by atoms with Crippen LogP contribution in [0.5, 0.6) is 0 Å². The van der Waals surface area contributed by atoms with Gasteiger partial charge in [-0.05, 0) is 50.8 Å². The number of nitrogens with zero attached hydrogens (tertiary/aromatic N) is 3. The zero-order chi connectivity index (χ0) is 19.2. The summed E-state index contributed by atoms with van der Waals surface area (Å²) in [5.74, 6) is 0.553. The second-order valence-corrected chi connectivity index (χ2v) is 9.52. The fraction of sp³-hybridized carbons (Fsp3) is 0.526. The van der Waals surface area contributed by atoms with Crippen LogP contribution in [0.4, 0.5) is 4.39 Å². The van der Waals surface area contributed by atoms with Gasteiger partial charge in [-0.1, -0.05) is 11.2 Å². The summed E-state index contributed by atoms with van der Waals surface area (Å²) in [5, 5.41) is 4.02. The minimum atomic E-state index is -3.70. The lowest BCUT2D eigenvalue weighted by atomic mass is 9.97. The summed E-state index contributed by atoms with van der Waals surface area (Å²) in [7, 11) is -3.70. The molecule has 3 saturated heterocycles. The van der Waals surface area contributed by atoms with Gasteiger partial charge in [0.05, 0.1) is 10.6 Å². The number of fused-ring (bicyclic) bond motifs is 4. The molecule has 1 aromatic carbocycles. The molecule has 8 heteroatoms. The van der Waals surface area contributed by atoms with Crippen LogP contribution in [0, 0.1) is 25.6 Å². The molecule has 4 heterocycles. The van der Waals surface area contributed by atoms with Crippen molar-refractivity contribution in [2.45, 2.75) is 44.2 Å². The molecule has 3 aliphatic heterocycles. The Bertz CT molecular complexity index is 924. The van der Waals surface area contributed by atoms with E-state index in [0.29, 0.717) is 19.6 Å². The Hall–Kier alpha value is -1.77. The van der Waals surface area contributed by atoms with Gasteiger partial charge in [0.2, 0.25) is 10.0 Å². The van der Waals surface area contributed by atoms with Crippen molar-refractivity contribution in [3.8, 4) is 0 Å². The first-order valence-electron chi connectivity index (χ1n) is 9.26. The predicted molar refractivity (Wildman–Crippen MR) is 98.1 cm³/mol. The maximum atomic E-state index is 13.6. The number of halogens is 1. The number of hydrogen-bond acceptors (Lipinski definition) is 5. The van der Waals surface area contributed by atoms with Crippen LogP contribution in [-0.4, -0.2) is 48.5 Å². The van der Waals surface area contributed by atoms with E-state index in [2.05, 4.69) is 10.1 Å². The number of sulfonamides is 1. The van der Waals surface area contributed by atoms with Crippen LogP contribution in [0.3, 0.4) is 0 Å². The van der Waals surface area contributed by atoms with Gasteiger partial charge in [0.25, 0.3) is 0 Å². The number of aryl methyl sites for hydroxylation is 2. The van der Waals surface area contributed by atoms with Crippen LogP contribution in [-0.2, 0) is 16.6 Å². The lowest BCUT2D eigenvalue weighted by Gasteiger charge is -2.35. The van der Waals surface area contributed by atoms with E-state index in [0.717, 1.165) is 42.5 Å². The summed E-state index contributed by atoms with van der Waals surface area (Å²) in [5.41, 5.74) is 1.96. The van der Waals surface area contributed by atoms with Crippen molar-refractivity contribution in [3.63, 3.8) is 0 Å². The van der Waals surface area contributed by atoms with Gasteiger partial charge in [0.1, 0.15) is 11.6 Å². The van der Waals surface area contributed by atoms with E-state index < -0.39 is 15.8 Å². The van der Waals surface area contributed by atoms with Crippen molar-refractivity contribution < 1.29 is 17.3 Å². The molecule has 6 nitrogen and oxygen atoms in total. The van der Waals surface area contributed by atoms with E-state index in [-0.39, 0.29) is 16.9 Å². The molecule has 0 spiro atoms. The Morgan fingerprint density at radius 2 is 2.04 bits per heavy atom. The molecule has 2 aromatic rings. The molecule has 0 unspecified atom stereocenters. The molecular weight excluding hydrogens is 369 g/mol. The molecule has 0 saturated carbocycles. The van der Waals surface area contributed by atoms with Gasteiger partial charge in [0, 0.05) is 37.8 Å². The summed E-state index contributed by atoms with van der Waals surface area (Å²) in [6.45, 7) is 6.54. The lowest BCUT2D eigenvalue weighted by molar-refractivity contribution is 0.225. The highest BCUT2D eigenvalue weighted by atomic mass is 32.2. The zero-order valence-corrected chi connectivity index (χ0v) is 16.4. The summed E-state index contributed by atoms with van der Waals surface area (Å²) in [6, 6.07) is 5.19. The van der Waals surface area contributed by atoms with Crippen molar-refractivity contribution in [3.05, 3.63) is 47.1 Å². The van der Waals surface area contributed by atoms with Gasteiger partial charge < -0.3 is 4.52 Å². The third kappa shape index (κ3) is 3.53. The van der Waals surface area contributed by atoms with Gasteiger partial charge in [-0.25, -0.2) is 12.8 Å². The molecule has 3 aliphatic rings. The van der Waals surface area contributed by atoms with E-state index in [9.17, 15) is 12.8 Å². The molecule has 1 aromatic heterocycles. The Morgan fingerprint density at radius 3 is 2.74 bits per heavy atom. The molecule has 0 N–H and O–H groups in total. The van der Waals surface area contributed by atoms with E-state index in [1.807, 2.05) is 13.8 Å². The monoisotopic (exact) mass is 393 g/mol. The Labute approximate surface area is 159 Å². The third-order valence-electron chi connectivity index (χ3n) is 5.70. The standard InChI is InChI=1S/C19H24FN3O3S/c1-13-19(14(2)26-21-13)12-22-9-15-6-7-17(11-22)23(10-15)27(24,25)18-5-3-4-16(20)8-18/h3-5,8,15,17H,6-7,9-12H2,1-2H3/t15-,17+/m1/s1. The van der Waals surface area contributed by atoms with Gasteiger partial charge in [-0.2, -0.15) is 4.31 Å².